The predicted molar refractivity (Wildman–Crippen MR) is 138 cm³/mol. The molecule has 37 heavy (non-hydrogen) atoms. The van der Waals surface area contributed by atoms with Gasteiger partial charge in [0.1, 0.15) is 19.3 Å². The van der Waals surface area contributed by atoms with E-state index in [1.165, 1.54) is 0 Å². The zero-order valence-electron chi connectivity index (χ0n) is 20.4. The Balaban J connectivity index is 1.15. The molecule has 0 saturated heterocycles. The number of amides is 2. The second-order valence-corrected chi connectivity index (χ2v) is 8.84. The van der Waals surface area contributed by atoms with E-state index in [0.29, 0.717) is 19.4 Å². The molecule has 8 heteroatoms. The summed E-state index contributed by atoms with van der Waals surface area (Å²) in [5, 5.41) is 14.5. The van der Waals surface area contributed by atoms with E-state index in [1.807, 2.05) is 54.6 Å². The third-order valence-corrected chi connectivity index (χ3v) is 6.34. The summed E-state index contributed by atoms with van der Waals surface area (Å²) in [6, 6.07) is 24.3. The summed E-state index contributed by atoms with van der Waals surface area (Å²) >= 11 is 0. The minimum Gasteiger partial charge on any atom is -0.480 e. The largest absolute Gasteiger partial charge is 0.480 e. The Hall–Kier alpha value is -4.33. The zero-order chi connectivity index (χ0) is 26.0. The summed E-state index contributed by atoms with van der Waals surface area (Å²) in [7, 11) is 0. The number of fused-ring (bicyclic) bond motifs is 3. The maximum Gasteiger partial charge on any atom is 0.408 e. The molecule has 1 atom stereocenters. The normalized spacial score (nSPS) is 12.6. The van der Waals surface area contributed by atoms with Crippen LogP contribution in [0.15, 0.2) is 78.9 Å². The van der Waals surface area contributed by atoms with Crippen LogP contribution < -0.4 is 10.6 Å². The van der Waals surface area contributed by atoms with Crippen molar-refractivity contribution in [3.63, 3.8) is 0 Å². The van der Waals surface area contributed by atoms with E-state index >= 15 is 0 Å². The molecular weight excluding hydrogens is 472 g/mol. The van der Waals surface area contributed by atoms with Crippen LogP contribution in [0.3, 0.4) is 0 Å². The van der Waals surface area contributed by atoms with Crippen LogP contribution in [-0.2, 0) is 20.9 Å². The van der Waals surface area contributed by atoms with Crippen LogP contribution in [0.1, 0.15) is 41.9 Å². The van der Waals surface area contributed by atoms with Crippen LogP contribution in [0.25, 0.3) is 11.1 Å². The van der Waals surface area contributed by atoms with Crippen molar-refractivity contribution in [3.8, 4) is 11.1 Å². The van der Waals surface area contributed by atoms with Crippen molar-refractivity contribution in [2.75, 3.05) is 13.2 Å². The summed E-state index contributed by atoms with van der Waals surface area (Å²) < 4.78 is 10.6. The van der Waals surface area contributed by atoms with Crippen molar-refractivity contribution >= 4 is 18.2 Å². The highest BCUT2D eigenvalue weighted by molar-refractivity contribution is 5.80. The third-order valence-electron chi connectivity index (χ3n) is 6.34. The first-order valence-corrected chi connectivity index (χ1v) is 12.3. The van der Waals surface area contributed by atoms with Crippen LogP contribution in [0.4, 0.5) is 9.59 Å². The van der Waals surface area contributed by atoms with Gasteiger partial charge < -0.3 is 25.2 Å². The zero-order valence-corrected chi connectivity index (χ0v) is 20.4. The van der Waals surface area contributed by atoms with Crippen molar-refractivity contribution in [3.05, 3.63) is 95.6 Å². The van der Waals surface area contributed by atoms with Crippen molar-refractivity contribution in [2.45, 2.75) is 37.8 Å². The SMILES string of the molecule is O=C(NCCCC[C@@H](NC(=O)OCc1ccccc1)C(=O)O)OCC1c2ccccc2-c2ccccc21. The number of rotatable bonds is 11. The van der Waals surface area contributed by atoms with E-state index in [-0.39, 0.29) is 25.6 Å². The number of unbranched alkanes of at least 4 members (excludes halogenated alkanes) is 1. The fourth-order valence-electron chi connectivity index (χ4n) is 4.48. The van der Waals surface area contributed by atoms with Gasteiger partial charge in [-0.15, -0.1) is 0 Å². The fraction of sp³-hybridized carbons (Fsp3) is 0.276. The Kier molecular flexibility index (Phi) is 8.75. The lowest BCUT2D eigenvalue weighted by Gasteiger charge is -2.15. The van der Waals surface area contributed by atoms with Crippen LogP contribution in [-0.4, -0.2) is 42.5 Å². The van der Waals surface area contributed by atoms with E-state index in [9.17, 15) is 19.5 Å². The average Bonchev–Trinajstić information content (AvgIpc) is 3.24. The summed E-state index contributed by atoms with van der Waals surface area (Å²) in [4.78, 5) is 35.7. The van der Waals surface area contributed by atoms with Gasteiger partial charge in [0.05, 0.1) is 0 Å². The highest BCUT2D eigenvalue weighted by Gasteiger charge is 2.29. The number of carbonyl (C=O) groups excluding carboxylic acids is 2. The molecule has 0 radical (unpaired) electrons. The van der Waals surface area contributed by atoms with Gasteiger partial charge in [0.2, 0.25) is 0 Å². The monoisotopic (exact) mass is 502 g/mol. The van der Waals surface area contributed by atoms with Gasteiger partial charge >= 0.3 is 18.2 Å². The molecule has 0 aromatic heterocycles. The second kappa shape index (κ2) is 12.6. The van der Waals surface area contributed by atoms with E-state index in [0.717, 1.165) is 27.8 Å². The van der Waals surface area contributed by atoms with Crippen molar-refractivity contribution < 1.29 is 29.0 Å². The molecule has 0 bridgehead atoms. The molecule has 3 aromatic rings. The van der Waals surface area contributed by atoms with Gasteiger partial charge in [-0.1, -0.05) is 78.9 Å². The average molecular weight is 503 g/mol. The Morgan fingerprint density at radius 2 is 1.41 bits per heavy atom. The molecule has 0 aliphatic heterocycles. The first-order chi connectivity index (χ1) is 18.0. The maximum atomic E-state index is 12.3. The van der Waals surface area contributed by atoms with Gasteiger partial charge in [0, 0.05) is 12.5 Å². The van der Waals surface area contributed by atoms with Gasteiger partial charge in [-0.3, -0.25) is 0 Å². The lowest BCUT2D eigenvalue weighted by atomic mass is 9.98. The molecule has 192 valence electrons. The number of ether oxygens (including phenoxy) is 2. The van der Waals surface area contributed by atoms with Crippen molar-refractivity contribution in [2.24, 2.45) is 0 Å². The lowest BCUT2D eigenvalue weighted by Crippen LogP contribution is -2.41. The van der Waals surface area contributed by atoms with Crippen LogP contribution in [0, 0.1) is 0 Å². The Labute approximate surface area is 215 Å². The Morgan fingerprint density at radius 3 is 2.05 bits per heavy atom. The number of hydrogen-bond donors (Lipinski definition) is 3. The highest BCUT2D eigenvalue weighted by Crippen LogP contribution is 2.44. The number of aliphatic carboxylic acids is 1. The number of carboxylic acid groups (broad SMARTS) is 1. The van der Waals surface area contributed by atoms with Gasteiger partial charge in [-0.05, 0) is 47.1 Å². The first kappa shape index (κ1) is 25.8. The third kappa shape index (κ3) is 6.88. The van der Waals surface area contributed by atoms with E-state index in [2.05, 4.69) is 34.9 Å². The lowest BCUT2D eigenvalue weighted by molar-refractivity contribution is -0.139. The van der Waals surface area contributed by atoms with E-state index in [1.54, 1.807) is 0 Å². The van der Waals surface area contributed by atoms with Gasteiger partial charge in [0.25, 0.3) is 0 Å². The molecular formula is C29H30N2O6. The van der Waals surface area contributed by atoms with Crippen molar-refractivity contribution in [1.82, 2.24) is 10.6 Å². The highest BCUT2D eigenvalue weighted by atomic mass is 16.6. The Morgan fingerprint density at radius 1 is 0.784 bits per heavy atom. The number of alkyl carbamates (subject to hydrolysis) is 2. The number of hydrogen-bond acceptors (Lipinski definition) is 5. The molecule has 8 nitrogen and oxygen atoms in total. The first-order valence-electron chi connectivity index (χ1n) is 12.3. The molecule has 0 unspecified atom stereocenters. The van der Waals surface area contributed by atoms with Gasteiger partial charge in [0.15, 0.2) is 0 Å². The van der Waals surface area contributed by atoms with Crippen LogP contribution in [0.5, 0.6) is 0 Å². The minimum absolute atomic E-state index is 0.0119. The van der Waals surface area contributed by atoms with Crippen molar-refractivity contribution in [1.29, 1.82) is 0 Å². The summed E-state index contributed by atoms with van der Waals surface area (Å²) in [6.07, 6.45) is -0.0662. The summed E-state index contributed by atoms with van der Waals surface area (Å²) in [5.41, 5.74) is 5.43. The standard InChI is InChI=1S/C29H30N2O6/c32-27(33)26(31-29(35)36-18-20-10-2-1-3-11-20)16-8-9-17-30-28(34)37-19-25-23-14-6-4-12-21(23)22-13-5-7-15-24(22)25/h1-7,10-15,25-26H,8-9,16-19H2,(H,30,34)(H,31,35)(H,32,33)/t26-/m1/s1. The fourth-order valence-corrected chi connectivity index (χ4v) is 4.48. The molecule has 3 N–H and O–H groups in total. The molecule has 0 saturated carbocycles. The number of carboxylic acids is 1. The summed E-state index contributed by atoms with van der Waals surface area (Å²) in [5.74, 6) is -1.15. The molecule has 0 spiro atoms. The molecule has 4 rings (SSSR count). The predicted octanol–water partition coefficient (Wildman–Crippen LogP) is 5.08. The topological polar surface area (TPSA) is 114 Å². The molecule has 1 aliphatic carbocycles. The number of carbonyl (C=O) groups is 3. The van der Waals surface area contributed by atoms with Gasteiger partial charge in [-0.2, -0.15) is 0 Å². The molecule has 0 heterocycles. The minimum atomic E-state index is -1.14. The van der Waals surface area contributed by atoms with E-state index in [4.69, 9.17) is 9.47 Å². The second-order valence-electron chi connectivity index (χ2n) is 8.84. The van der Waals surface area contributed by atoms with E-state index < -0.39 is 24.2 Å². The molecule has 2 amide bonds. The Bertz CT molecular complexity index is 1180. The quantitative estimate of drug-likeness (QED) is 0.315. The number of benzene rings is 3. The number of nitrogens with one attached hydrogen (secondary N) is 2. The molecule has 0 fully saturated rings. The van der Waals surface area contributed by atoms with Gasteiger partial charge in [-0.25, -0.2) is 14.4 Å². The smallest absolute Gasteiger partial charge is 0.408 e. The molecule has 3 aromatic carbocycles. The van der Waals surface area contributed by atoms with Crippen LogP contribution in [0.2, 0.25) is 0 Å². The molecule has 1 aliphatic rings. The maximum absolute atomic E-state index is 12.3. The van der Waals surface area contributed by atoms with Crippen LogP contribution >= 0.6 is 0 Å². The summed E-state index contributed by atoms with van der Waals surface area (Å²) in [6.45, 7) is 0.625.